The van der Waals surface area contributed by atoms with Gasteiger partial charge in [0.25, 0.3) is 0 Å². The van der Waals surface area contributed by atoms with Crippen molar-refractivity contribution in [2.24, 2.45) is 0 Å². The molecule has 0 spiro atoms. The van der Waals surface area contributed by atoms with Gasteiger partial charge in [-0.1, -0.05) is 19.6 Å². The van der Waals surface area contributed by atoms with Gasteiger partial charge in [-0.2, -0.15) is 0 Å². The van der Waals surface area contributed by atoms with Crippen LogP contribution >= 0.6 is 0 Å². The first-order chi connectivity index (χ1) is 8.18. The summed E-state index contributed by atoms with van der Waals surface area (Å²) in [6.07, 6.45) is 0. The molecule has 0 amide bonds. The molecule has 0 N–H and O–H groups in total. The maximum absolute atomic E-state index is 2.27. The Balaban J connectivity index is 0.000000317. The van der Waals surface area contributed by atoms with Crippen LogP contribution in [0.25, 0.3) is 0 Å². The van der Waals surface area contributed by atoms with Gasteiger partial charge in [0.2, 0.25) is 0 Å². The van der Waals surface area contributed by atoms with Gasteiger partial charge >= 0.3 is 89.3 Å². The first-order valence-corrected chi connectivity index (χ1v) is 11.3. The van der Waals surface area contributed by atoms with Crippen LogP contribution in [-0.4, -0.2) is 30.4 Å². The summed E-state index contributed by atoms with van der Waals surface area (Å²) in [5.41, 5.74) is 0. The maximum atomic E-state index is 2.27. The Kier molecular flexibility index (Phi) is 7.31. The second-order valence-electron chi connectivity index (χ2n) is 4.28. The summed E-state index contributed by atoms with van der Waals surface area (Å²) >= 11 is -0.335. The third-order valence-electron chi connectivity index (χ3n) is 1.77. The summed E-state index contributed by atoms with van der Waals surface area (Å²) in [5, 5.41) is 0. The number of rotatable bonds is 2. The Hall–Kier alpha value is -0.525. The van der Waals surface area contributed by atoms with Crippen LogP contribution in [0.1, 0.15) is 0 Å². The summed E-state index contributed by atoms with van der Waals surface area (Å²) in [4.78, 5) is 0. The second-order valence-corrected chi connectivity index (χ2v) is 10.9. The molecule has 0 saturated carbocycles. The Morgan fingerprint density at radius 3 is 1.24 bits per heavy atom. The van der Waals surface area contributed by atoms with E-state index in [0.717, 1.165) is 0 Å². The molecular weight excluding hydrogens is 330 g/mol. The molecule has 2 aromatic carbocycles. The Morgan fingerprint density at radius 1 is 0.647 bits per heavy atom. The quantitative estimate of drug-likeness (QED) is 0.732. The van der Waals surface area contributed by atoms with Gasteiger partial charge in [-0.15, -0.1) is 0 Å². The normalized spacial score (nSPS) is 9.65. The molecule has 2 heteroatoms. The molecule has 0 heterocycles. The van der Waals surface area contributed by atoms with Gasteiger partial charge in [0.1, 0.15) is 0 Å². The van der Waals surface area contributed by atoms with Crippen LogP contribution < -0.4 is 7.02 Å². The Labute approximate surface area is 117 Å². The summed E-state index contributed by atoms with van der Waals surface area (Å²) in [6, 6.07) is 21.5. The molecule has 0 fully saturated rings. The van der Waals surface area contributed by atoms with Crippen molar-refractivity contribution in [1.29, 1.82) is 0 Å². The van der Waals surface area contributed by atoms with Crippen molar-refractivity contribution in [1.82, 2.24) is 0 Å². The van der Waals surface area contributed by atoms with Crippen molar-refractivity contribution in [3.63, 3.8) is 0 Å². The van der Waals surface area contributed by atoms with Gasteiger partial charge < -0.3 is 0 Å². The van der Waals surface area contributed by atoms with Crippen LogP contribution in [0.3, 0.4) is 0 Å². The van der Waals surface area contributed by atoms with Crippen molar-refractivity contribution >= 4 is 37.4 Å². The van der Waals surface area contributed by atoms with Crippen molar-refractivity contribution in [2.45, 2.75) is 19.6 Å². The predicted octanol–water partition coefficient (Wildman–Crippen LogP) is 2.71. The number of hydrogen-bond acceptors (Lipinski definition) is 0. The van der Waals surface area contributed by atoms with Gasteiger partial charge in [0, 0.05) is 8.80 Å². The average Bonchev–Trinajstić information content (AvgIpc) is 2.31. The predicted molar refractivity (Wildman–Crippen MR) is 81.3 cm³/mol. The summed E-state index contributed by atoms with van der Waals surface area (Å²) in [5.74, 6) is 0. The van der Waals surface area contributed by atoms with E-state index in [2.05, 4.69) is 80.3 Å². The molecule has 88 valence electrons. The van der Waals surface area contributed by atoms with Crippen LogP contribution in [0.15, 0.2) is 60.7 Å². The van der Waals surface area contributed by atoms with Crippen LogP contribution in [0, 0.1) is 0 Å². The zero-order valence-electron chi connectivity index (χ0n) is 10.7. The van der Waals surface area contributed by atoms with Crippen molar-refractivity contribution in [3.05, 3.63) is 60.7 Å². The van der Waals surface area contributed by atoms with Gasteiger partial charge in [-0.25, -0.2) is 0 Å². The van der Waals surface area contributed by atoms with E-state index in [-0.39, 0.29) is 30.4 Å². The second kappa shape index (κ2) is 8.55. The van der Waals surface area contributed by atoms with E-state index in [9.17, 15) is 0 Å². The molecule has 0 atom stereocenters. The SMILES string of the molecule is C[Si](C)C.c1cc[c]([Sb][c]2ccccc2)cc1. The summed E-state index contributed by atoms with van der Waals surface area (Å²) in [7, 11) is 0.120. The standard InChI is InChI=1S/2C6H5.C3H9Si.Sb/c2*1-2-4-6-5-3-1;1-4(2)3;/h2*1-5H;1-3H3;. The van der Waals surface area contributed by atoms with Crippen LogP contribution in [0.2, 0.25) is 19.6 Å². The monoisotopic (exact) mass is 348 g/mol. The van der Waals surface area contributed by atoms with E-state index < -0.39 is 0 Å². The third kappa shape index (κ3) is 7.41. The Morgan fingerprint density at radius 2 is 0.941 bits per heavy atom. The molecule has 0 aromatic heterocycles. The van der Waals surface area contributed by atoms with Crippen molar-refractivity contribution < 1.29 is 0 Å². The zero-order valence-corrected chi connectivity index (χ0v) is 14.3. The first-order valence-electron chi connectivity index (χ1n) is 5.77. The fourth-order valence-electron chi connectivity index (χ4n) is 1.15. The van der Waals surface area contributed by atoms with Gasteiger partial charge in [-0.05, 0) is 0 Å². The molecule has 2 radical (unpaired) electrons. The zero-order chi connectivity index (χ0) is 12.5. The molecule has 2 rings (SSSR count). The molecule has 0 aliphatic rings. The van der Waals surface area contributed by atoms with E-state index >= 15 is 0 Å². The molecule has 2 aromatic rings. The van der Waals surface area contributed by atoms with Gasteiger partial charge in [-0.3, -0.25) is 0 Å². The molecule has 0 aliphatic carbocycles. The number of hydrogen-bond donors (Lipinski definition) is 0. The van der Waals surface area contributed by atoms with E-state index in [1.54, 1.807) is 0 Å². The average molecular weight is 349 g/mol. The van der Waals surface area contributed by atoms with E-state index in [0.29, 0.717) is 0 Å². The van der Waals surface area contributed by atoms with E-state index in [1.165, 1.54) is 7.02 Å². The van der Waals surface area contributed by atoms with Crippen LogP contribution in [0.5, 0.6) is 0 Å². The van der Waals surface area contributed by atoms with Gasteiger partial charge in [0.05, 0.1) is 0 Å². The number of benzene rings is 2. The van der Waals surface area contributed by atoms with Gasteiger partial charge in [0.15, 0.2) is 0 Å². The molecular formula is C15H19SbSi. The first kappa shape index (κ1) is 14.5. The summed E-state index contributed by atoms with van der Waals surface area (Å²) < 4.78 is 3.04. The Bertz CT molecular complexity index is 358. The molecule has 0 saturated heterocycles. The van der Waals surface area contributed by atoms with E-state index in [1.807, 2.05) is 0 Å². The van der Waals surface area contributed by atoms with Crippen LogP contribution in [0.4, 0.5) is 0 Å². The molecule has 17 heavy (non-hydrogen) atoms. The minimum absolute atomic E-state index is 0.120. The fourth-order valence-corrected chi connectivity index (χ4v) is 3.84. The van der Waals surface area contributed by atoms with Crippen molar-refractivity contribution in [2.75, 3.05) is 0 Å². The van der Waals surface area contributed by atoms with E-state index in [4.69, 9.17) is 0 Å². The fraction of sp³-hybridized carbons (Fsp3) is 0.200. The topological polar surface area (TPSA) is 0 Å². The summed E-state index contributed by atoms with van der Waals surface area (Å²) in [6.45, 7) is 6.81. The molecule has 0 bridgehead atoms. The third-order valence-corrected chi connectivity index (χ3v) is 4.95. The van der Waals surface area contributed by atoms with Crippen LogP contribution in [-0.2, 0) is 0 Å². The van der Waals surface area contributed by atoms with Crippen molar-refractivity contribution in [3.8, 4) is 0 Å². The molecule has 0 unspecified atom stereocenters. The molecule has 0 aliphatic heterocycles. The minimum atomic E-state index is -0.335. The molecule has 0 nitrogen and oxygen atoms in total.